The van der Waals surface area contributed by atoms with Crippen molar-refractivity contribution >= 4 is 21.4 Å². The molecule has 1 aromatic heterocycles. The van der Waals surface area contributed by atoms with Crippen LogP contribution in [-0.2, 0) is 16.4 Å². The topological polar surface area (TPSA) is 55.8 Å². The summed E-state index contributed by atoms with van der Waals surface area (Å²) < 4.78 is 38.6. The van der Waals surface area contributed by atoms with E-state index in [1.54, 1.807) is 33.8 Å². The Bertz CT molecular complexity index is 844. The predicted octanol–water partition coefficient (Wildman–Crippen LogP) is 2.83. The molecule has 7 heteroatoms. The van der Waals surface area contributed by atoms with Crippen LogP contribution in [0.2, 0.25) is 0 Å². The highest BCUT2D eigenvalue weighted by atomic mass is 32.2. The Labute approximate surface area is 139 Å². The molecule has 0 unspecified atom stereocenters. The number of benzene rings is 1. The summed E-state index contributed by atoms with van der Waals surface area (Å²) in [5.41, 5.74) is 1.11. The summed E-state index contributed by atoms with van der Waals surface area (Å²) in [5, 5.41) is 2.03. The molecule has 5 nitrogen and oxygen atoms in total. The molecule has 122 valence electrons. The highest BCUT2D eigenvalue weighted by Gasteiger charge is 2.35. The van der Waals surface area contributed by atoms with Crippen molar-refractivity contribution in [2.24, 2.45) is 0 Å². The SMILES string of the molecule is C[C@H]1c2ccsc2CCN1S(=O)(=O)c1ccc2c(c1)OCCO2. The fourth-order valence-corrected chi connectivity index (χ4v) is 5.73. The minimum atomic E-state index is -3.56. The Morgan fingerprint density at radius 2 is 1.96 bits per heavy atom. The number of nitrogens with zero attached hydrogens (tertiary/aromatic N) is 1. The predicted molar refractivity (Wildman–Crippen MR) is 87.8 cm³/mol. The minimum absolute atomic E-state index is 0.150. The van der Waals surface area contributed by atoms with Crippen molar-refractivity contribution in [3.05, 3.63) is 40.1 Å². The Hall–Kier alpha value is -1.57. The van der Waals surface area contributed by atoms with Crippen LogP contribution in [0.4, 0.5) is 0 Å². The Morgan fingerprint density at radius 1 is 1.17 bits per heavy atom. The van der Waals surface area contributed by atoms with Crippen LogP contribution < -0.4 is 9.47 Å². The van der Waals surface area contributed by atoms with Crippen LogP contribution in [0.5, 0.6) is 11.5 Å². The number of thiophene rings is 1. The van der Waals surface area contributed by atoms with E-state index in [4.69, 9.17) is 9.47 Å². The van der Waals surface area contributed by atoms with Gasteiger partial charge in [0, 0.05) is 23.5 Å². The van der Waals surface area contributed by atoms with Gasteiger partial charge in [-0.2, -0.15) is 4.31 Å². The smallest absolute Gasteiger partial charge is 0.243 e. The lowest BCUT2D eigenvalue weighted by molar-refractivity contribution is 0.171. The van der Waals surface area contributed by atoms with E-state index in [0.717, 1.165) is 12.0 Å². The second-order valence-electron chi connectivity index (χ2n) is 5.65. The van der Waals surface area contributed by atoms with Gasteiger partial charge < -0.3 is 9.47 Å². The molecule has 4 rings (SSSR count). The Balaban J connectivity index is 1.71. The summed E-state index contributed by atoms with van der Waals surface area (Å²) in [6.45, 7) is 3.38. The lowest BCUT2D eigenvalue weighted by Crippen LogP contribution is -2.38. The first-order valence-corrected chi connectivity index (χ1v) is 9.87. The lowest BCUT2D eigenvalue weighted by Gasteiger charge is -2.32. The van der Waals surface area contributed by atoms with E-state index in [9.17, 15) is 8.42 Å². The summed E-state index contributed by atoms with van der Waals surface area (Å²) in [5.74, 6) is 1.10. The molecule has 2 aliphatic heterocycles. The first-order valence-electron chi connectivity index (χ1n) is 7.55. The third-order valence-corrected chi connectivity index (χ3v) is 7.30. The van der Waals surface area contributed by atoms with Gasteiger partial charge >= 0.3 is 0 Å². The molecule has 0 aliphatic carbocycles. The highest BCUT2D eigenvalue weighted by molar-refractivity contribution is 7.89. The molecule has 2 aliphatic rings. The van der Waals surface area contributed by atoms with E-state index in [-0.39, 0.29) is 10.9 Å². The van der Waals surface area contributed by atoms with E-state index < -0.39 is 10.0 Å². The molecular formula is C16H17NO4S2. The first-order chi connectivity index (χ1) is 11.1. The standard InChI is InChI=1S/C16H17NO4S2/c1-11-13-5-9-22-16(13)4-6-17(11)23(18,19)12-2-3-14-15(10-12)21-8-7-20-14/h2-3,5,9-11H,4,6-8H2,1H3/t11-/m0/s1. The molecule has 0 N–H and O–H groups in total. The fourth-order valence-electron chi connectivity index (χ4n) is 3.13. The number of fused-ring (bicyclic) bond motifs is 2. The second-order valence-corrected chi connectivity index (χ2v) is 8.54. The quantitative estimate of drug-likeness (QED) is 0.835. The minimum Gasteiger partial charge on any atom is -0.486 e. The van der Waals surface area contributed by atoms with Gasteiger partial charge in [0.1, 0.15) is 13.2 Å². The van der Waals surface area contributed by atoms with Gasteiger partial charge in [-0.15, -0.1) is 11.3 Å². The maximum absolute atomic E-state index is 13.0. The average Bonchev–Trinajstić information content (AvgIpc) is 3.04. The average molecular weight is 351 g/mol. The summed E-state index contributed by atoms with van der Waals surface area (Å²) >= 11 is 1.70. The van der Waals surface area contributed by atoms with Crippen molar-refractivity contribution in [3.8, 4) is 11.5 Å². The van der Waals surface area contributed by atoms with Crippen molar-refractivity contribution in [3.63, 3.8) is 0 Å². The van der Waals surface area contributed by atoms with Crippen molar-refractivity contribution in [2.75, 3.05) is 19.8 Å². The molecule has 1 aromatic carbocycles. The van der Waals surface area contributed by atoms with Crippen LogP contribution >= 0.6 is 11.3 Å². The third kappa shape index (κ3) is 2.43. The van der Waals surface area contributed by atoms with E-state index in [1.165, 1.54) is 4.88 Å². The number of ether oxygens (including phenoxy) is 2. The van der Waals surface area contributed by atoms with Crippen LogP contribution in [-0.4, -0.2) is 32.5 Å². The Morgan fingerprint density at radius 3 is 2.78 bits per heavy atom. The molecule has 0 amide bonds. The molecule has 0 radical (unpaired) electrons. The molecule has 2 aromatic rings. The summed E-state index contributed by atoms with van der Waals surface area (Å²) in [6, 6.07) is 6.71. The van der Waals surface area contributed by atoms with Gasteiger partial charge in [-0.05, 0) is 42.5 Å². The molecule has 0 fully saturated rings. The molecule has 23 heavy (non-hydrogen) atoms. The summed E-state index contributed by atoms with van der Waals surface area (Å²) in [6.07, 6.45) is 0.765. The van der Waals surface area contributed by atoms with Crippen molar-refractivity contribution in [1.82, 2.24) is 4.31 Å². The van der Waals surface area contributed by atoms with Crippen LogP contribution in [0.1, 0.15) is 23.4 Å². The van der Waals surface area contributed by atoms with Crippen molar-refractivity contribution in [1.29, 1.82) is 0 Å². The highest BCUT2D eigenvalue weighted by Crippen LogP contribution is 2.38. The van der Waals surface area contributed by atoms with Gasteiger partial charge in [0.05, 0.1) is 4.90 Å². The lowest BCUT2D eigenvalue weighted by atomic mass is 10.0. The van der Waals surface area contributed by atoms with Crippen LogP contribution in [0, 0.1) is 0 Å². The Kier molecular flexibility index (Phi) is 3.59. The van der Waals surface area contributed by atoms with E-state index in [1.807, 2.05) is 18.4 Å². The second kappa shape index (κ2) is 5.51. The molecular weight excluding hydrogens is 334 g/mol. The van der Waals surface area contributed by atoms with Crippen LogP contribution in [0.3, 0.4) is 0 Å². The van der Waals surface area contributed by atoms with Crippen molar-refractivity contribution < 1.29 is 17.9 Å². The van der Waals surface area contributed by atoms with E-state index >= 15 is 0 Å². The third-order valence-electron chi connectivity index (χ3n) is 4.34. The monoisotopic (exact) mass is 351 g/mol. The maximum atomic E-state index is 13.0. The van der Waals surface area contributed by atoms with Gasteiger partial charge in [0.25, 0.3) is 0 Å². The molecule has 0 spiro atoms. The van der Waals surface area contributed by atoms with E-state index in [2.05, 4.69) is 0 Å². The van der Waals surface area contributed by atoms with Gasteiger partial charge in [0.15, 0.2) is 11.5 Å². The zero-order chi connectivity index (χ0) is 16.0. The summed E-state index contributed by atoms with van der Waals surface area (Å²) in [7, 11) is -3.56. The molecule has 0 bridgehead atoms. The maximum Gasteiger partial charge on any atom is 0.243 e. The van der Waals surface area contributed by atoms with Crippen LogP contribution in [0.25, 0.3) is 0 Å². The zero-order valence-electron chi connectivity index (χ0n) is 12.7. The molecule has 0 saturated carbocycles. The van der Waals surface area contributed by atoms with Crippen molar-refractivity contribution in [2.45, 2.75) is 24.3 Å². The van der Waals surface area contributed by atoms with Gasteiger partial charge in [0.2, 0.25) is 10.0 Å². The van der Waals surface area contributed by atoms with Gasteiger partial charge in [-0.25, -0.2) is 8.42 Å². The molecule has 1 atom stereocenters. The normalized spacial score (nSPS) is 21.0. The number of hydrogen-bond acceptors (Lipinski definition) is 5. The van der Waals surface area contributed by atoms with Crippen LogP contribution in [0.15, 0.2) is 34.5 Å². The first kappa shape index (κ1) is 15.0. The van der Waals surface area contributed by atoms with E-state index in [0.29, 0.717) is 31.3 Å². The molecule has 0 saturated heterocycles. The summed E-state index contributed by atoms with van der Waals surface area (Å²) in [4.78, 5) is 1.54. The number of hydrogen-bond donors (Lipinski definition) is 0. The number of rotatable bonds is 2. The largest absolute Gasteiger partial charge is 0.486 e. The zero-order valence-corrected chi connectivity index (χ0v) is 14.3. The fraction of sp³-hybridized carbons (Fsp3) is 0.375. The van der Waals surface area contributed by atoms with Gasteiger partial charge in [-0.3, -0.25) is 0 Å². The molecule has 3 heterocycles. The number of sulfonamides is 1. The van der Waals surface area contributed by atoms with Gasteiger partial charge in [-0.1, -0.05) is 0 Å².